The van der Waals surface area contributed by atoms with E-state index in [1.807, 2.05) is 138 Å². The van der Waals surface area contributed by atoms with Gasteiger partial charge in [-0.15, -0.1) is 0 Å². The van der Waals surface area contributed by atoms with Gasteiger partial charge in [0.25, 0.3) is 0 Å². The third-order valence-electron chi connectivity index (χ3n) is 27.3. The molecule has 0 fully saturated rings. The van der Waals surface area contributed by atoms with Crippen molar-refractivity contribution < 1.29 is 96.6 Å². The molecule has 6 N–H and O–H groups in total. The number of hydrogen-bond donors (Lipinski definition) is 6. The molecule has 24 bridgehead atoms. The van der Waals surface area contributed by atoms with E-state index < -0.39 is 35.8 Å². The van der Waals surface area contributed by atoms with Crippen molar-refractivity contribution in [3.05, 3.63) is 224 Å². The maximum atomic E-state index is 11.4. The van der Waals surface area contributed by atoms with E-state index in [9.17, 15) is 59.4 Å². The molecule has 0 unspecified atom stereocenters. The molecular weight excluding hydrogens is 2160 g/mol. The van der Waals surface area contributed by atoms with Crippen LogP contribution in [0.3, 0.4) is 0 Å². The first-order valence-corrected chi connectivity index (χ1v) is 49.8. The number of nitrogens with one attached hydrogen (secondary N) is 6. The Kier molecular flexibility index (Phi) is 54.8. The number of hydrogen-bond acceptors (Lipinski definition) is 18. The van der Waals surface area contributed by atoms with Gasteiger partial charge in [0, 0.05) is 102 Å². The van der Waals surface area contributed by atoms with Crippen molar-refractivity contribution in [3.63, 3.8) is 0 Å². The second-order valence-electron chi connectivity index (χ2n) is 35.9. The van der Waals surface area contributed by atoms with Crippen LogP contribution in [0.2, 0.25) is 0 Å². The predicted octanol–water partition coefficient (Wildman–Crippen LogP) is 8.62. The van der Waals surface area contributed by atoms with E-state index in [0.717, 1.165) is 312 Å². The Morgan fingerprint density at radius 1 is 0.209 bits per heavy atom. The number of carbonyl (C=O) groups excluding carboxylic acids is 6. The molecule has 0 spiro atoms. The SMILES string of the molecule is CCC1=C(C)c2cc3[nH]c(cc4nc(cc5[nH]c(cc1n2)c(C)c5CCC(=O)[O-])C(CCC(=O)[O-])=C4C)c(C)c3CC.CCC1=C(C)c2cc3[nH]c(cc4nc(cc5[nH]c(cc1n2)c(C)c5CCC(=O)[O-])C(CCC(=O)[O-])=C4C)c(C)c3CC.CCC1=C(C)c2cc3[nH]c(cc4nc(cc5[nH]c(cc1n2)c(C)c5CCC(=O)[O-])C(CCC(=O)[O-])=C4C)c(C)c3CC.CC[N-]CC.CC[N-]CC.CC[N-]CC.[Cl-].[Cl-].[Cl-].[Ga+3].[Ga+3].[Ga+3].[Ga+3]. The summed E-state index contributed by atoms with van der Waals surface area (Å²) >= 11 is 0. The smallest absolute Gasteiger partial charge is 1.00 e. The van der Waals surface area contributed by atoms with Crippen molar-refractivity contribution in [3.8, 4) is 0 Å². The molecule has 774 valence electrons. The number of halogens is 3. The number of aromatic amines is 6. The summed E-state index contributed by atoms with van der Waals surface area (Å²) in [5.74, 6) is -6.72. The molecule has 0 aliphatic carbocycles. The van der Waals surface area contributed by atoms with Gasteiger partial charge < -0.3 is 142 Å². The van der Waals surface area contributed by atoms with Crippen LogP contribution in [0.4, 0.5) is 0 Å². The van der Waals surface area contributed by atoms with Crippen molar-refractivity contribution in [2.45, 2.75) is 282 Å². The van der Waals surface area contributed by atoms with Crippen LogP contribution in [0.1, 0.15) is 337 Å². The van der Waals surface area contributed by atoms with E-state index in [1.165, 1.54) is 16.7 Å². The fourth-order valence-electron chi connectivity index (χ4n) is 19.3. The van der Waals surface area contributed by atoms with E-state index in [1.54, 1.807) is 0 Å². The first kappa shape index (κ1) is 132. The standard InChI is InChI=1S/3C34H38N4O4.3C4H10N.3ClH.4Ga/c3*1-7-21-17(3)25-13-26-19(5)23(9-11-33(39)40)31(37-26)16-32-24(10-12-34(41)42)20(6)28(38-32)15-30-22(8-2)18(4)27(36-30)14-29(21)35-25;3*1-3-5-4-2;;;;;;;/h3*13-16,35,38H,7-12H2,1-6H3,(H,39,40)(H,41,42);3*3-4H2,1-2H3;3*1H;;;;/q;;;3*-1;;;;4*+3/p-9. The Labute approximate surface area is 941 Å². The van der Waals surface area contributed by atoms with Gasteiger partial charge in [0.2, 0.25) is 0 Å². The maximum absolute atomic E-state index is 11.4. The van der Waals surface area contributed by atoms with Gasteiger partial charge >= 0.3 is 79.2 Å². The molecule has 0 aromatic carbocycles. The average Bonchev–Trinajstić information content (AvgIpc) is 1.62. The number of H-pyrrole nitrogens is 6. The molecule has 0 radical (unpaired) electrons. The number of carboxylic acids is 6. The third-order valence-corrected chi connectivity index (χ3v) is 27.3. The van der Waals surface area contributed by atoms with Crippen molar-refractivity contribution in [1.29, 1.82) is 0 Å². The number of rotatable bonds is 30. The van der Waals surface area contributed by atoms with Crippen LogP contribution in [0.25, 0.3) is 149 Å². The number of aromatic nitrogens is 12. The summed E-state index contributed by atoms with van der Waals surface area (Å²) in [7, 11) is 0. The van der Waals surface area contributed by atoms with Crippen LogP contribution in [-0.2, 0) is 67.3 Å². The van der Waals surface area contributed by atoms with Gasteiger partial charge in [-0.25, -0.2) is 29.9 Å². The predicted molar refractivity (Wildman–Crippen MR) is 584 cm³/mol. The largest absolute Gasteiger partial charge is 3.00 e. The minimum absolute atomic E-state index is 0. The molecule has 0 saturated carbocycles. The summed E-state index contributed by atoms with van der Waals surface area (Å²) in [5.41, 5.74) is 44.8. The summed E-state index contributed by atoms with van der Waals surface area (Å²) in [4.78, 5) is 120. The normalized spacial score (nSPS) is 12.2. The van der Waals surface area contributed by atoms with Crippen LogP contribution in [0.5, 0.6) is 0 Å². The Morgan fingerprint density at radius 2 is 0.351 bits per heavy atom. The van der Waals surface area contributed by atoms with Gasteiger partial charge in [0.05, 0.1) is 68.3 Å². The zero-order valence-corrected chi connectivity index (χ0v) is 102. The second-order valence-corrected chi connectivity index (χ2v) is 35.9. The van der Waals surface area contributed by atoms with Crippen LogP contribution in [0, 0.1) is 41.5 Å². The second kappa shape index (κ2) is 61.4. The Bertz CT molecular complexity index is 6420. The van der Waals surface area contributed by atoms with E-state index in [0.29, 0.717) is 17.1 Å². The Morgan fingerprint density at radius 3 is 0.514 bits per heavy atom. The van der Waals surface area contributed by atoms with E-state index in [2.05, 4.69) is 147 Å². The van der Waals surface area contributed by atoms with Crippen LogP contribution < -0.4 is 67.9 Å². The van der Waals surface area contributed by atoms with Crippen molar-refractivity contribution >= 4 is 248 Å². The van der Waals surface area contributed by atoms with Gasteiger partial charge in [-0.2, -0.15) is 39.3 Å². The van der Waals surface area contributed by atoms with E-state index >= 15 is 0 Å². The molecule has 6 aliphatic heterocycles. The average molecular weight is 2300 g/mol. The number of allylic oxidation sites excluding steroid dienone is 12. The molecular formula is C114H138Cl3Ga4N15O12. The summed E-state index contributed by atoms with van der Waals surface area (Å²) in [6.45, 7) is 55.3. The van der Waals surface area contributed by atoms with Crippen LogP contribution in [0.15, 0.2) is 72.8 Å². The fraction of sp³-hybridized carbons (Fsp3) is 0.421. The van der Waals surface area contributed by atoms with Crippen molar-refractivity contribution in [2.24, 2.45) is 0 Å². The molecule has 9 aromatic rings. The summed E-state index contributed by atoms with van der Waals surface area (Å²) < 4.78 is 0. The number of carboxylic acid groups (broad SMARTS) is 6. The number of fused-ring (bicyclic) bond motifs is 24. The quantitative estimate of drug-likeness (QED) is 0.0229. The Hall–Kier alpha value is -10.1. The van der Waals surface area contributed by atoms with Gasteiger partial charge in [0.15, 0.2) is 0 Å². The van der Waals surface area contributed by atoms with Crippen LogP contribution in [-0.4, -0.2) is 214 Å². The van der Waals surface area contributed by atoms with Gasteiger partial charge in [0.1, 0.15) is 0 Å². The molecule has 15 heterocycles. The minimum Gasteiger partial charge on any atom is -1.00 e. The van der Waals surface area contributed by atoms with Gasteiger partial charge in [-0.1, -0.05) is 83.1 Å². The fourth-order valence-corrected chi connectivity index (χ4v) is 19.3. The first-order chi connectivity index (χ1) is 67.3. The molecule has 9 aromatic heterocycles. The molecule has 27 nitrogen and oxygen atoms in total. The minimum atomic E-state index is -1.12. The third kappa shape index (κ3) is 32.0. The summed E-state index contributed by atoms with van der Waals surface area (Å²) in [6, 6.07) is 24.3. The van der Waals surface area contributed by atoms with Crippen molar-refractivity contribution in [2.75, 3.05) is 39.3 Å². The molecule has 15 rings (SSSR count). The number of carbonyl (C=O) groups is 6. The zero-order valence-electron chi connectivity index (χ0n) is 90.3. The first-order valence-electron chi connectivity index (χ1n) is 49.8. The topological polar surface area (TPSA) is 455 Å². The molecule has 0 amide bonds. The molecule has 0 atom stereocenters. The summed E-state index contributed by atoms with van der Waals surface area (Å²) in [6.07, 6.45) is 5.94. The molecule has 6 aliphatic rings. The Balaban J connectivity index is 0.000000520. The molecule has 34 heteroatoms. The van der Waals surface area contributed by atoms with Crippen LogP contribution >= 0.6 is 0 Å². The monoisotopic (exact) mass is 2290 g/mol. The van der Waals surface area contributed by atoms with E-state index in [-0.39, 0.29) is 193 Å². The number of aliphatic carboxylic acids is 6. The molecule has 148 heavy (non-hydrogen) atoms. The van der Waals surface area contributed by atoms with E-state index in [4.69, 9.17) is 29.9 Å². The molecule has 0 saturated heterocycles. The van der Waals surface area contributed by atoms with Crippen molar-refractivity contribution in [1.82, 2.24) is 59.8 Å². The number of aryl methyl sites for hydroxylation is 12. The van der Waals surface area contributed by atoms with Gasteiger partial charge in [-0.3, -0.25) is 0 Å². The zero-order chi connectivity index (χ0) is 103. The number of nitrogens with zero attached hydrogens (tertiary/aromatic N) is 9. The summed E-state index contributed by atoms with van der Waals surface area (Å²) in [5, 5.41) is 80.5. The maximum Gasteiger partial charge on any atom is 3.00 e. The van der Waals surface area contributed by atoms with Gasteiger partial charge in [-0.05, 0) is 405 Å².